The molecule has 0 N–H and O–H groups in total. The fraction of sp³-hybridized carbons (Fsp3) is 0.619. The van der Waals surface area contributed by atoms with Crippen molar-refractivity contribution in [3.05, 3.63) is 28.7 Å². The zero-order valence-corrected chi connectivity index (χ0v) is 18.4. The Morgan fingerprint density at radius 2 is 1.97 bits per heavy atom. The van der Waals surface area contributed by atoms with E-state index >= 15 is 0 Å². The number of likely N-dealkylation sites (tertiary alicyclic amines) is 1. The van der Waals surface area contributed by atoms with Crippen LogP contribution < -0.4 is 4.74 Å². The van der Waals surface area contributed by atoms with Crippen molar-refractivity contribution in [1.82, 2.24) is 9.80 Å². The Bertz CT molecular complexity index is 695. The maximum absolute atomic E-state index is 12.8. The van der Waals surface area contributed by atoms with Crippen LogP contribution in [-0.4, -0.2) is 80.3 Å². The van der Waals surface area contributed by atoms with Crippen molar-refractivity contribution in [3.63, 3.8) is 0 Å². The Balaban J connectivity index is 1.68. The standard InChI is InChI=1S/C21H29BrN2O5/c1-2-27-15-21(26)24-7-6-19(29-18-5-3-4-17(22)13-18)16(14-24)12-20(25)23-8-10-28-11-9-23/h3-5,13,16,19H,2,6-12,14-15H2,1H3/t16-,19-/m0/s1. The van der Waals surface area contributed by atoms with Crippen molar-refractivity contribution in [2.24, 2.45) is 5.92 Å². The van der Waals surface area contributed by atoms with Gasteiger partial charge in [0.2, 0.25) is 11.8 Å². The molecule has 160 valence electrons. The van der Waals surface area contributed by atoms with Crippen LogP contribution in [0.15, 0.2) is 28.7 Å². The lowest BCUT2D eigenvalue weighted by Crippen LogP contribution is -2.51. The van der Waals surface area contributed by atoms with Gasteiger partial charge < -0.3 is 24.0 Å². The summed E-state index contributed by atoms with van der Waals surface area (Å²) in [6, 6.07) is 7.71. The molecular formula is C21H29BrN2O5. The summed E-state index contributed by atoms with van der Waals surface area (Å²) in [5.41, 5.74) is 0. The van der Waals surface area contributed by atoms with Crippen LogP contribution in [0, 0.1) is 5.92 Å². The normalized spacial score (nSPS) is 22.4. The van der Waals surface area contributed by atoms with Gasteiger partial charge in [-0.05, 0) is 25.1 Å². The van der Waals surface area contributed by atoms with E-state index in [1.807, 2.05) is 36.1 Å². The van der Waals surface area contributed by atoms with Crippen molar-refractivity contribution >= 4 is 27.7 Å². The number of carbonyl (C=O) groups is 2. The Morgan fingerprint density at radius 3 is 2.69 bits per heavy atom. The van der Waals surface area contributed by atoms with E-state index in [4.69, 9.17) is 14.2 Å². The average Bonchev–Trinajstić information content (AvgIpc) is 2.74. The van der Waals surface area contributed by atoms with E-state index in [2.05, 4.69) is 15.9 Å². The second-order valence-corrected chi connectivity index (χ2v) is 8.25. The summed E-state index contributed by atoms with van der Waals surface area (Å²) in [5.74, 6) is 0.766. The molecule has 29 heavy (non-hydrogen) atoms. The van der Waals surface area contributed by atoms with Crippen LogP contribution >= 0.6 is 15.9 Å². The Kier molecular flexibility index (Phi) is 8.32. The van der Waals surface area contributed by atoms with Gasteiger partial charge in [-0.25, -0.2) is 0 Å². The number of amides is 2. The second-order valence-electron chi connectivity index (χ2n) is 7.34. The summed E-state index contributed by atoms with van der Waals surface area (Å²) in [6.45, 7) is 5.96. The molecule has 8 heteroatoms. The van der Waals surface area contributed by atoms with Crippen molar-refractivity contribution in [1.29, 1.82) is 0 Å². The number of rotatable bonds is 7. The first-order valence-corrected chi connectivity index (χ1v) is 11.0. The summed E-state index contributed by atoms with van der Waals surface area (Å²) in [4.78, 5) is 28.9. The predicted molar refractivity (Wildman–Crippen MR) is 112 cm³/mol. The molecule has 0 unspecified atom stereocenters. The van der Waals surface area contributed by atoms with Crippen LogP contribution in [-0.2, 0) is 19.1 Å². The summed E-state index contributed by atoms with van der Waals surface area (Å²) in [7, 11) is 0. The Labute approximate surface area is 180 Å². The second kappa shape index (κ2) is 10.9. The largest absolute Gasteiger partial charge is 0.490 e. The third kappa shape index (κ3) is 6.42. The molecule has 2 atom stereocenters. The highest BCUT2D eigenvalue weighted by Gasteiger charge is 2.35. The van der Waals surface area contributed by atoms with Gasteiger partial charge in [0.25, 0.3) is 0 Å². The monoisotopic (exact) mass is 468 g/mol. The summed E-state index contributed by atoms with van der Waals surface area (Å²) < 4.78 is 17.8. The zero-order chi connectivity index (χ0) is 20.6. The van der Waals surface area contributed by atoms with Crippen LogP contribution in [0.4, 0.5) is 0 Å². The molecule has 2 aliphatic rings. The Morgan fingerprint density at radius 1 is 1.17 bits per heavy atom. The molecule has 2 aliphatic heterocycles. The van der Waals surface area contributed by atoms with Crippen molar-refractivity contribution in [2.45, 2.75) is 25.9 Å². The number of ether oxygens (including phenoxy) is 3. The molecule has 0 aliphatic carbocycles. The van der Waals surface area contributed by atoms with Gasteiger partial charge in [-0.1, -0.05) is 22.0 Å². The van der Waals surface area contributed by atoms with Gasteiger partial charge in [0.05, 0.1) is 13.2 Å². The third-order valence-electron chi connectivity index (χ3n) is 5.33. The van der Waals surface area contributed by atoms with Gasteiger partial charge >= 0.3 is 0 Å². The predicted octanol–water partition coefficient (Wildman–Crippen LogP) is 2.33. The Hall–Kier alpha value is -1.64. The van der Waals surface area contributed by atoms with E-state index in [-0.39, 0.29) is 30.4 Å². The number of hydrogen-bond donors (Lipinski definition) is 0. The minimum atomic E-state index is -0.120. The van der Waals surface area contributed by atoms with E-state index in [0.717, 1.165) is 10.2 Å². The molecule has 3 rings (SSSR count). The number of nitrogens with zero attached hydrogens (tertiary/aromatic N) is 2. The van der Waals surface area contributed by atoms with Crippen LogP contribution in [0.1, 0.15) is 19.8 Å². The molecule has 0 saturated carbocycles. The lowest BCUT2D eigenvalue weighted by Gasteiger charge is -2.39. The highest BCUT2D eigenvalue weighted by molar-refractivity contribution is 9.10. The molecular weight excluding hydrogens is 440 g/mol. The molecule has 0 bridgehead atoms. The van der Waals surface area contributed by atoms with Crippen LogP contribution in [0.2, 0.25) is 0 Å². The molecule has 2 saturated heterocycles. The topological polar surface area (TPSA) is 68.3 Å². The van der Waals surface area contributed by atoms with E-state index in [1.54, 1.807) is 4.90 Å². The molecule has 2 heterocycles. The number of carbonyl (C=O) groups excluding carboxylic acids is 2. The first-order chi connectivity index (χ1) is 14.1. The van der Waals surface area contributed by atoms with Crippen LogP contribution in [0.25, 0.3) is 0 Å². The van der Waals surface area contributed by atoms with Crippen molar-refractivity contribution in [2.75, 3.05) is 52.6 Å². The number of hydrogen-bond acceptors (Lipinski definition) is 5. The van der Waals surface area contributed by atoms with E-state index in [0.29, 0.717) is 58.8 Å². The fourth-order valence-corrected chi connectivity index (χ4v) is 4.13. The number of halogens is 1. The first kappa shape index (κ1) is 22.1. The summed E-state index contributed by atoms with van der Waals surface area (Å²) in [6.07, 6.45) is 0.924. The average molecular weight is 469 g/mol. The maximum atomic E-state index is 12.8. The van der Waals surface area contributed by atoms with Gasteiger partial charge in [-0.15, -0.1) is 0 Å². The van der Waals surface area contributed by atoms with E-state index in [9.17, 15) is 9.59 Å². The number of morpholine rings is 1. The fourth-order valence-electron chi connectivity index (χ4n) is 3.75. The minimum absolute atomic E-state index is 0.0309. The minimum Gasteiger partial charge on any atom is -0.490 e. The van der Waals surface area contributed by atoms with Crippen LogP contribution in [0.3, 0.4) is 0 Å². The number of benzene rings is 1. The van der Waals surface area contributed by atoms with Gasteiger partial charge in [0, 0.05) is 56.0 Å². The lowest BCUT2D eigenvalue weighted by atomic mass is 9.90. The molecule has 0 radical (unpaired) electrons. The van der Waals surface area contributed by atoms with Crippen molar-refractivity contribution in [3.8, 4) is 5.75 Å². The molecule has 7 nitrogen and oxygen atoms in total. The van der Waals surface area contributed by atoms with Crippen molar-refractivity contribution < 1.29 is 23.8 Å². The SMILES string of the molecule is CCOCC(=O)N1CC[C@H](Oc2cccc(Br)c2)[C@@H](CC(=O)N2CCOCC2)C1. The highest BCUT2D eigenvalue weighted by atomic mass is 79.9. The quantitative estimate of drug-likeness (QED) is 0.614. The lowest BCUT2D eigenvalue weighted by molar-refractivity contribution is -0.143. The van der Waals surface area contributed by atoms with Gasteiger partial charge in [-0.2, -0.15) is 0 Å². The maximum Gasteiger partial charge on any atom is 0.248 e. The first-order valence-electron chi connectivity index (χ1n) is 10.2. The molecule has 1 aromatic carbocycles. The smallest absolute Gasteiger partial charge is 0.248 e. The molecule has 2 amide bonds. The summed E-state index contributed by atoms with van der Waals surface area (Å²) in [5, 5.41) is 0. The molecule has 0 aromatic heterocycles. The molecule has 2 fully saturated rings. The van der Waals surface area contributed by atoms with E-state index in [1.165, 1.54) is 0 Å². The highest BCUT2D eigenvalue weighted by Crippen LogP contribution is 2.28. The number of piperidine rings is 1. The van der Waals surface area contributed by atoms with E-state index < -0.39 is 0 Å². The van der Waals surface area contributed by atoms with Gasteiger partial charge in [0.15, 0.2) is 0 Å². The zero-order valence-electron chi connectivity index (χ0n) is 16.8. The van der Waals surface area contributed by atoms with Gasteiger partial charge in [0.1, 0.15) is 18.5 Å². The van der Waals surface area contributed by atoms with Crippen LogP contribution in [0.5, 0.6) is 5.75 Å². The third-order valence-corrected chi connectivity index (χ3v) is 5.82. The molecule has 1 aromatic rings. The molecule has 0 spiro atoms. The van der Waals surface area contributed by atoms with Gasteiger partial charge in [-0.3, -0.25) is 9.59 Å². The summed E-state index contributed by atoms with van der Waals surface area (Å²) >= 11 is 3.47.